The van der Waals surface area contributed by atoms with Crippen molar-refractivity contribution in [2.45, 2.75) is 19.0 Å². The van der Waals surface area contributed by atoms with Crippen molar-refractivity contribution < 1.29 is 14.3 Å². The zero-order valence-electron chi connectivity index (χ0n) is 8.77. The number of anilines is 1. The first-order valence-electron chi connectivity index (χ1n) is 5.21. The molecule has 1 atom stereocenters. The molecule has 2 heterocycles. The number of alkyl halides is 1. The molecule has 16 heavy (non-hydrogen) atoms. The lowest BCUT2D eigenvalue weighted by atomic mass is 10.2. The second-order valence-electron chi connectivity index (χ2n) is 3.93. The van der Waals surface area contributed by atoms with Crippen LogP contribution in [0.2, 0.25) is 0 Å². The summed E-state index contributed by atoms with van der Waals surface area (Å²) in [6, 6.07) is 3.47. The van der Waals surface area contributed by atoms with Crippen molar-refractivity contribution in [1.82, 2.24) is 4.98 Å². The summed E-state index contributed by atoms with van der Waals surface area (Å²) in [4.78, 5) is 16.5. The highest BCUT2D eigenvalue weighted by atomic mass is 19.1. The van der Waals surface area contributed by atoms with Gasteiger partial charge in [0.15, 0.2) is 0 Å². The van der Waals surface area contributed by atoms with Crippen LogP contribution in [0, 0.1) is 0 Å². The van der Waals surface area contributed by atoms with Crippen LogP contribution >= 0.6 is 0 Å². The summed E-state index contributed by atoms with van der Waals surface area (Å²) in [5.41, 5.74) is 0.659. The van der Waals surface area contributed by atoms with Gasteiger partial charge in [0.05, 0.1) is 13.0 Å². The van der Waals surface area contributed by atoms with Crippen molar-refractivity contribution in [3.63, 3.8) is 0 Å². The van der Waals surface area contributed by atoms with Crippen molar-refractivity contribution in [2.75, 3.05) is 18.0 Å². The fraction of sp³-hybridized carbons (Fsp3) is 0.455. The Bertz CT molecular complexity index is 380. The van der Waals surface area contributed by atoms with E-state index < -0.39 is 12.1 Å². The van der Waals surface area contributed by atoms with Crippen LogP contribution in [0.25, 0.3) is 0 Å². The fourth-order valence-corrected chi connectivity index (χ4v) is 1.81. The molecule has 0 radical (unpaired) electrons. The Morgan fingerprint density at radius 1 is 1.62 bits per heavy atom. The van der Waals surface area contributed by atoms with Gasteiger partial charge in [0, 0.05) is 12.7 Å². The molecule has 1 saturated heterocycles. The van der Waals surface area contributed by atoms with Crippen molar-refractivity contribution >= 4 is 11.8 Å². The number of pyridine rings is 1. The highest BCUT2D eigenvalue weighted by molar-refractivity contribution is 5.70. The number of nitrogens with zero attached hydrogens (tertiary/aromatic N) is 2. The SMILES string of the molecule is O=C(O)Cc1ccc(N2CC[C@H](F)C2)nc1. The van der Waals surface area contributed by atoms with E-state index in [9.17, 15) is 9.18 Å². The smallest absolute Gasteiger partial charge is 0.307 e. The van der Waals surface area contributed by atoms with Crippen LogP contribution in [0.4, 0.5) is 10.2 Å². The number of carbonyl (C=O) groups is 1. The lowest BCUT2D eigenvalue weighted by Gasteiger charge is -2.15. The number of carboxylic acid groups (broad SMARTS) is 1. The van der Waals surface area contributed by atoms with Gasteiger partial charge in [-0.1, -0.05) is 6.07 Å². The van der Waals surface area contributed by atoms with E-state index in [1.807, 2.05) is 4.90 Å². The Balaban J connectivity index is 2.04. The van der Waals surface area contributed by atoms with Gasteiger partial charge in [-0.2, -0.15) is 0 Å². The largest absolute Gasteiger partial charge is 0.481 e. The van der Waals surface area contributed by atoms with E-state index in [0.717, 1.165) is 0 Å². The van der Waals surface area contributed by atoms with Gasteiger partial charge in [0.1, 0.15) is 12.0 Å². The number of hydrogen-bond donors (Lipinski definition) is 1. The zero-order valence-corrected chi connectivity index (χ0v) is 8.77. The molecule has 86 valence electrons. The Labute approximate surface area is 92.7 Å². The van der Waals surface area contributed by atoms with Crippen molar-refractivity contribution in [3.8, 4) is 0 Å². The van der Waals surface area contributed by atoms with Gasteiger partial charge in [-0.3, -0.25) is 4.79 Å². The first-order valence-corrected chi connectivity index (χ1v) is 5.21. The molecule has 0 spiro atoms. The third-order valence-corrected chi connectivity index (χ3v) is 2.62. The number of aliphatic carboxylic acids is 1. The predicted octanol–water partition coefficient (Wildman–Crippen LogP) is 1.26. The Kier molecular flexibility index (Phi) is 3.03. The minimum atomic E-state index is -0.875. The van der Waals surface area contributed by atoms with E-state index in [2.05, 4.69) is 4.98 Å². The molecule has 0 aliphatic carbocycles. The zero-order chi connectivity index (χ0) is 11.5. The Morgan fingerprint density at radius 3 is 2.94 bits per heavy atom. The monoisotopic (exact) mass is 224 g/mol. The minimum absolute atomic E-state index is 0.0288. The first kappa shape index (κ1) is 10.9. The molecule has 0 aromatic carbocycles. The third-order valence-electron chi connectivity index (χ3n) is 2.62. The Morgan fingerprint density at radius 2 is 2.44 bits per heavy atom. The van der Waals surface area contributed by atoms with Crippen molar-refractivity contribution in [1.29, 1.82) is 0 Å². The molecule has 0 unspecified atom stereocenters. The molecule has 1 fully saturated rings. The van der Waals surface area contributed by atoms with E-state index in [1.54, 1.807) is 12.1 Å². The normalized spacial score (nSPS) is 20.1. The molecule has 1 aromatic rings. The maximum Gasteiger partial charge on any atom is 0.307 e. The van der Waals surface area contributed by atoms with Gasteiger partial charge in [-0.25, -0.2) is 9.37 Å². The van der Waals surface area contributed by atoms with E-state index in [0.29, 0.717) is 30.9 Å². The summed E-state index contributed by atoms with van der Waals surface area (Å²) in [6.07, 6.45) is 1.27. The standard InChI is InChI=1S/C11H13FN2O2/c12-9-3-4-14(7-9)10-2-1-8(6-13-10)5-11(15)16/h1-2,6,9H,3-5,7H2,(H,15,16)/t9-/m0/s1. The fourth-order valence-electron chi connectivity index (χ4n) is 1.81. The third kappa shape index (κ3) is 2.48. The molecule has 4 nitrogen and oxygen atoms in total. The molecular weight excluding hydrogens is 211 g/mol. The van der Waals surface area contributed by atoms with E-state index >= 15 is 0 Å². The molecule has 0 amide bonds. The second kappa shape index (κ2) is 4.47. The maximum absolute atomic E-state index is 13.0. The second-order valence-corrected chi connectivity index (χ2v) is 3.93. The molecule has 0 saturated carbocycles. The van der Waals surface area contributed by atoms with Crippen LogP contribution in [0.5, 0.6) is 0 Å². The summed E-state index contributed by atoms with van der Waals surface area (Å²) in [5.74, 6) is -0.158. The number of hydrogen-bond acceptors (Lipinski definition) is 3. The highest BCUT2D eigenvalue weighted by Gasteiger charge is 2.22. The van der Waals surface area contributed by atoms with Gasteiger partial charge in [-0.05, 0) is 18.1 Å². The van der Waals surface area contributed by atoms with Crippen LogP contribution in [-0.2, 0) is 11.2 Å². The number of rotatable bonds is 3. The quantitative estimate of drug-likeness (QED) is 0.839. The minimum Gasteiger partial charge on any atom is -0.481 e. The maximum atomic E-state index is 13.0. The van der Waals surface area contributed by atoms with E-state index in [-0.39, 0.29) is 6.42 Å². The molecule has 5 heteroatoms. The van der Waals surface area contributed by atoms with Gasteiger partial charge in [-0.15, -0.1) is 0 Å². The van der Waals surface area contributed by atoms with E-state index in [1.165, 1.54) is 6.20 Å². The van der Waals surface area contributed by atoms with Crippen LogP contribution < -0.4 is 4.90 Å². The topological polar surface area (TPSA) is 53.4 Å². The molecule has 1 N–H and O–H groups in total. The van der Waals surface area contributed by atoms with Crippen molar-refractivity contribution in [2.24, 2.45) is 0 Å². The van der Waals surface area contributed by atoms with Crippen molar-refractivity contribution in [3.05, 3.63) is 23.9 Å². The summed E-state index contributed by atoms with van der Waals surface area (Å²) < 4.78 is 13.0. The van der Waals surface area contributed by atoms with Crippen LogP contribution in [-0.4, -0.2) is 35.3 Å². The van der Waals surface area contributed by atoms with Crippen LogP contribution in [0.3, 0.4) is 0 Å². The number of carboxylic acids is 1. The Hall–Kier alpha value is -1.65. The summed E-state index contributed by atoms with van der Waals surface area (Å²) in [7, 11) is 0. The van der Waals surface area contributed by atoms with Gasteiger partial charge < -0.3 is 10.0 Å². The van der Waals surface area contributed by atoms with Gasteiger partial charge >= 0.3 is 5.97 Å². The molecule has 2 rings (SSSR count). The summed E-state index contributed by atoms with van der Waals surface area (Å²) >= 11 is 0. The average Bonchev–Trinajstić information content (AvgIpc) is 2.65. The van der Waals surface area contributed by atoms with Crippen LogP contribution in [0.1, 0.15) is 12.0 Å². The lowest BCUT2D eigenvalue weighted by Crippen LogP contribution is -2.21. The lowest BCUT2D eigenvalue weighted by molar-refractivity contribution is -0.136. The first-order chi connectivity index (χ1) is 7.65. The molecule has 0 bridgehead atoms. The predicted molar refractivity (Wildman–Crippen MR) is 57.3 cm³/mol. The molecule has 1 aromatic heterocycles. The average molecular weight is 224 g/mol. The molecule has 1 aliphatic heterocycles. The summed E-state index contributed by atoms with van der Waals surface area (Å²) in [6.45, 7) is 1.05. The molecular formula is C11H13FN2O2. The van der Waals surface area contributed by atoms with Gasteiger partial charge in [0.25, 0.3) is 0 Å². The number of aromatic nitrogens is 1. The highest BCUT2D eigenvalue weighted by Crippen LogP contribution is 2.19. The molecule has 1 aliphatic rings. The number of halogens is 1. The van der Waals surface area contributed by atoms with Gasteiger partial charge in [0.2, 0.25) is 0 Å². The summed E-state index contributed by atoms with van der Waals surface area (Å²) in [5, 5.41) is 8.59. The van der Waals surface area contributed by atoms with E-state index in [4.69, 9.17) is 5.11 Å². The van der Waals surface area contributed by atoms with Crippen LogP contribution in [0.15, 0.2) is 18.3 Å².